The van der Waals surface area contributed by atoms with E-state index in [4.69, 9.17) is 0 Å². The fourth-order valence-corrected chi connectivity index (χ4v) is 4.39. The molecule has 0 bridgehead atoms. The molecule has 0 aliphatic heterocycles. The molecule has 4 rings (SSSR count). The minimum atomic E-state index is -0.0965. The number of aromatic amines is 1. The molecule has 3 N–H and O–H groups in total. The number of aromatic nitrogens is 2. The number of nitrogens with zero attached hydrogens (tertiary/aromatic N) is 1. The van der Waals surface area contributed by atoms with Gasteiger partial charge in [-0.2, -0.15) is 5.10 Å². The van der Waals surface area contributed by atoms with E-state index in [2.05, 4.69) is 20.8 Å². The third-order valence-electron chi connectivity index (χ3n) is 6.21. The van der Waals surface area contributed by atoms with Crippen molar-refractivity contribution in [3.8, 4) is 11.1 Å². The summed E-state index contributed by atoms with van der Waals surface area (Å²) in [7, 11) is 0. The molecule has 2 aliphatic carbocycles. The van der Waals surface area contributed by atoms with Crippen molar-refractivity contribution in [2.24, 2.45) is 0 Å². The molecule has 1 heterocycles. The molecule has 2 saturated carbocycles. The zero-order chi connectivity index (χ0) is 20.2. The van der Waals surface area contributed by atoms with Crippen molar-refractivity contribution >= 4 is 11.8 Å². The first-order valence-corrected chi connectivity index (χ1v) is 10.5. The van der Waals surface area contributed by atoms with E-state index in [0.29, 0.717) is 5.56 Å². The average Bonchev–Trinajstić information content (AvgIpc) is 3.51. The molecule has 6 nitrogen and oxygen atoms in total. The number of hydrogen-bond acceptors (Lipinski definition) is 3. The summed E-state index contributed by atoms with van der Waals surface area (Å²) in [6.45, 7) is 1.93. The lowest BCUT2D eigenvalue weighted by Gasteiger charge is -2.23. The van der Waals surface area contributed by atoms with E-state index in [1.165, 1.54) is 18.4 Å². The lowest BCUT2D eigenvalue weighted by Crippen LogP contribution is -2.48. The van der Waals surface area contributed by atoms with Crippen LogP contribution in [0.15, 0.2) is 47.8 Å². The molecule has 1 aromatic carbocycles. The van der Waals surface area contributed by atoms with E-state index < -0.39 is 0 Å². The molecule has 2 atom stereocenters. The number of H-pyrrole nitrogens is 1. The number of benzene rings is 1. The second-order valence-electron chi connectivity index (χ2n) is 8.09. The normalized spacial score (nSPS) is 21.2. The van der Waals surface area contributed by atoms with Gasteiger partial charge in [0, 0.05) is 35.0 Å². The predicted octanol–water partition coefficient (Wildman–Crippen LogP) is 3.73. The first-order valence-electron chi connectivity index (χ1n) is 10.5. The first kappa shape index (κ1) is 19.4. The monoisotopic (exact) mass is 392 g/mol. The van der Waals surface area contributed by atoms with Crippen LogP contribution in [0.1, 0.15) is 62.2 Å². The van der Waals surface area contributed by atoms with Gasteiger partial charge in [0.2, 0.25) is 5.91 Å². The van der Waals surface area contributed by atoms with Gasteiger partial charge in [-0.3, -0.25) is 14.7 Å². The lowest BCUT2D eigenvalue weighted by molar-refractivity contribution is -0.118. The Labute approximate surface area is 171 Å². The van der Waals surface area contributed by atoms with Gasteiger partial charge in [-0.25, -0.2) is 0 Å². The van der Waals surface area contributed by atoms with Crippen molar-refractivity contribution in [2.45, 2.75) is 64.0 Å². The Bertz CT molecular complexity index is 891. The van der Waals surface area contributed by atoms with Crippen LogP contribution in [-0.4, -0.2) is 34.1 Å². The molecule has 29 heavy (non-hydrogen) atoms. The van der Waals surface area contributed by atoms with Gasteiger partial charge in [0.1, 0.15) is 0 Å². The van der Waals surface area contributed by atoms with Crippen molar-refractivity contribution < 1.29 is 9.59 Å². The third kappa shape index (κ3) is 4.42. The van der Waals surface area contributed by atoms with Gasteiger partial charge < -0.3 is 10.6 Å². The highest BCUT2D eigenvalue weighted by Crippen LogP contribution is 2.27. The Hall–Kier alpha value is -2.89. The quantitative estimate of drug-likeness (QED) is 0.678. The van der Waals surface area contributed by atoms with E-state index in [9.17, 15) is 9.59 Å². The van der Waals surface area contributed by atoms with Crippen molar-refractivity contribution in [3.63, 3.8) is 0 Å². The van der Waals surface area contributed by atoms with Crippen LogP contribution < -0.4 is 10.6 Å². The second-order valence-corrected chi connectivity index (χ2v) is 8.09. The summed E-state index contributed by atoms with van der Waals surface area (Å²) in [5, 5.41) is 13.0. The molecule has 2 fully saturated rings. The summed E-state index contributed by atoms with van der Waals surface area (Å²) < 4.78 is 0. The molecule has 0 unspecified atom stereocenters. The summed E-state index contributed by atoms with van der Waals surface area (Å²) in [5.74, 6) is -0.0710. The van der Waals surface area contributed by atoms with E-state index >= 15 is 0 Å². The van der Waals surface area contributed by atoms with Gasteiger partial charge in [0.25, 0.3) is 5.91 Å². The molecular formula is C23H28N4O2. The molecule has 0 saturated heterocycles. The Balaban J connectivity index is 1.37. The van der Waals surface area contributed by atoms with Crippen LogP contribution in [0.4, 0.5) is 0 Å². The minimum Gasteiger partial charge on any atom is -0.348 e. The van der Waals surface area contributed by atoms with Crippen molar-refractivity contribution in [1.29, 1.82) is 0 Å². The molecule has 0 spiro atoms. The van der Waals surface area contributed by atoms with Gasteiger partial charge in [0.05, 0.1) is 6.20 Å². The largest absolute Gasteiger partial charge is 0.348 e. The first-order chi connectivity index (χ1) is 14.1. The average molecular weight is 393 g/mol. The fraction of sp³-hybridized carbons (Fsp3) is 0.435. The number of hydrogen-bond donors (Lipinski definition) is 3. The van der Waals surface area contributed by atoms with Crippen molar-refractivity contribution in [1.82, 2.24) is 20.8 Å². The van der Waals surface area contributed by atoms with Crippen LogP contribution >= 0.6 is 0 Å². The maximum absolute atomic E-state index is 12.7. The zero-order valence-electron chi connectivity index (χ0n) is 16.8. The molecule has 6 heteroatoms. The number of allylic oxidation sites excluding steroid dienone is 1. The van der Waals surface area contributed by atoms with Crippen LogP contribution in [-0.2, 0) is 4.79 Å². The molecular weight excluding hydrogens is 364 g/mol. The Morgan fingerprint density at radius 3 is 2.31 bits per heavy atom. The van der Waals surface area contributed by atoms with Crippen LogP contribution in [0.25, 0.3) is 11.1 Å². The van der Waals surface area contributed by atoms with Gasteiger partial charge in [0.15, 0.2) is 0 Å². The van der Waals surface area contributed by atoms with Crippen LogP contribution in [0.2, 0.25) is 0 Å². The fourth-order valence-electron chi connectivity index (χ4n) is 4.39. The van der Waals surface area contributed by atoms with Gasteiger partial charge in [-0.15, -0.1) is 0 Å². The summed E-state index contributed by atoms with van der Waals surface area (Å²) in [6, 6.07) is 7.47. The molecule has 2 amide bonds. The van der Waals surface area contributed by atoms with Crippen molar-refractivity contribution in [2.75, 3.05) is 0 Å². The molecule has 2 aromatic rings. The predicted molar refractivity (Wildman–Crippen MR) is 112 cm³/mol. The maximum atomic E-state index is 12.7. The van der Waals surface area contributed by atoms with E-state index in [1.807, 2.05) is 37.4 Å². The highest BCUT2D eigenvalue weighted by Gasteiger charge is 2.30. The number of amides is 2. The molecule has 0 radical (unpaired) electrons. The van der Waals surface area contributed by atoms with Crippen LogP contribution in [0.5, 0.6) is 0 Å². The van der Waals surface area contributed by atoms with E-state index in [-0.39, 0.29) is 23.9 Å². The number of nitrogens with one attached hydrogen (secondary N) is 3. The van der Waals surface area contributed by atoms with Crippen LogP contribution in [0, 0.1) is 0 Å². The number of carbonyl (C=O) groups is 2. The zero-order valence-corrected chi connectivity index (χ0v) is 16.8. The number of carbonyl (C=O) groups excluding carboxylic acids is 2. The maximum Gasteiger partial charge on any atom is 0.251 e. The van der Waals surface area contributed by atoms with E-state index in [1.54, 1.807) is 6.20 Å². The third-order valence-corrected chi connectivity index (χ3v) is 6.21. The standard InChI is InChI=1S/C23H28N4O2/c1-15(16-5-2-3-6-16)22(28)26-20-7-4-8-21(20)27-23(29)18-11-9-17(10-12-18)19-13-24-25-14-19/h9-14,20-21H,2-8H2,1H3,(H,24,25)(H,26,28)(H,27,29)/t20-,21+/m1/s1. The summed E-state index contributed by atoms with van der Waals surface area (Å²) >= 11 is 0. The summed E-state index contributed by atoms with van der Waals surface area (Å²) in [4.78, 5) is 25.4. The van der Waals surface area contributed by atoms with E-state index in [0.717, 1.165) is 48.8 Å². The Morgan fingerprint density at radius 1 is 0.966 bits per heavy atom. The van der Waals surface area contributed by atoms with Crippen molar-refractivity contribution in [3.05, 3.63) is 53.4 Å². The second kappa shape index (κ2) is 8.64. The molecule has 152 valence electrons. The lowest BCUT2D eigenvalue weighted by atomic mass is 10.1. The summed E-state index contributed by atoms with van der Waals surface area (Å²) in [5.41, 5.74) is 4.78. The Morgan fingerprint density at radius 2 is 1.66 bits per heavy atom. The van der Waals surface area contributed by atoms with Crippen LogP contribution in [0.3, 0.4) is 0 Å². The Kier molecular flexibility index (Phi) is 5.79. The topological polar surface area (TPSA) is 86.9 Å². The number of rotatable bonds is 5. The SMILES string of the molecule is CC(C(=O)N[C@@H]1CCC[C@@H]1NC(=O)c1ccc(-c2cn[nH]c2)cc1)=C1CCCC1. The summed E-state index contributed by atoms with van der Waals surface area (Å²) in [6.07, 6.45) is 10.8. The smallest absolute Gasteiger partial charge is 0.251 e. The van der Waals surface area contributed by atoms with Gasteiger partial charge >= 0.3 is 0 Å². The van der Waals surface area contributed by atoms with Gasteiger partial charge in [-0.1, -0.05) is 17.7 Å². The van der Waals surface area contributed by atoms with Gasteiger partial charge in [-0.05, 0) is 69.6 Å². The minimum absolute atomic E-state index is 0.00592. The molecule has 2 aliphatic rings. The highest BCUT2D eigenvalue weighted by atomic mass is 16.2. The molecule has 1 aromatic heterocycles. The highest BCUT2D eigenvalue weighted by molar-refractivity contribution is 5.95.